The van der Waals surface area contributed by atoms with Gasteiger partial charge in [0, 0.05) is 18.8 Å². The van der Waals surface area contributed by atoms with Crippen molar-refractivity contribution < 1.29 is 18.4 Å². The van der Waals surface area contributed by atoms with Crippen LogP contribution in [0.4, 0.5) is 14.9 Å². The normalized spacial score (nSPS) is 10.7. The summed E-state index contributed by atoms with van der Waals surface area (Å²) in [4.78, 5) is 29.5. The summed E-state index contributed by atoms with van der Waals surface area (Å²) in [7, 11) is 0. The zero-order valence-electron chi connectivity index (χ0n) is 19.3. The van der Waals surface area contributed by atoms with Crippen molar-refractivity contribution in [3.05, 3.63) is 89.1 Å². The van der Waals surface area contributed by atoms with Crippen LogP contribution in [0.5, 0.6) is 0 Å². The second-order valence-corrected chi connectivity index (χ2v) is 8.07. The molecule has 0 fully saturated rings. The largest absolute Gasteiger partial charge is 0.467 e. The summed E-state index contributed by atoms with van der Waals surface area (Å²) in [5.74, 6) is 0.0771. The molecule has 0 aliphatic rings. The van der Waals surface area contributed by atoms with Gasteiger partial charge in [-0.2, -0.15) is 0 Å². The Kier molecular flexibility index (Phi) is 8.24. The molecule has 3 aromatic rings. The first kappa shape index (κ1) is 24.0. The van der Waals surface area contributed by atoms with Gasteiger partial charge in [-0.15, -0.1) is 0 Å². The van der Waals surface area contributed by atoms with Gasteiger partial charge >= 0.3 is 6.03 Å². The van der Waals surface area contributed by atoms with E-state index in [2.05, 4.69) is 5.32 Å². The van der Waals surface area contributed by atoms with Crippen molar-refractivity contribution in [1.82, 2.24) is 9.80 Å². The van der Waals surface area contributed by atoms with Crippen LogP contribution in [0.1, 0.15) is 35.8 Å². The van der Waals surface area contributed by atoms with Gasteiger partial charge in [0.1, 0.15) is 18.1 Å². The Morgan fingerprint density at radius 3 is 2.24 bits per heavy atom. The minimum absolute atomic E-state index is 0.0769. The number of carbonyl (C=O) groups is 2. The highest BCUT2D eigenvalue weighted by atomic mass is 19.1. The first-order valence-electron chi connectivity index (χ1n) is 11.0. The molecule has 3 amide bonds. The fourth-order valence-electron chi connectivity index (χ4n) is 3.62. The number of hydrogen-bond acceptors (Lipinski definition) is 3. The monoisotopic (exact) mass is 451 g/mol. The first-order chi connectivity index (χ1) is 15.9. The molecule has 0 saturated carbocycles. The van der Waals surface area contributed by atoms with Crippen LogP contribution >= 0.6 is 0 Å². The summed E-state index contributed by atoms with van der Waals surface area (Å²) in [5, 5.41) is 2.97. The lowest BCUT2D eigenvalue weighted by Gasteiger charge is -2.28. The molecule has 1 aromatic heterocycles. The lowest BCUT2D eigenvalue weighted by Crippen LogP contribution is -2.44. The molecule has 1 heterocycles. The van der Waals surface area contributed by atoms with E-state index in [1.807, 2.05) is 39.0 Å². The van der Waals surface area contributed by atoms with Crippen LogP contribution in [0.15, 0.2) is 65.3 Å². The number of furan rings is 1. The number of hydrogen-bond donors (Lipinski definition) is 1. The van der Waals surface area contributed by atoms with Crippen LogP contribution in [0, 0.1) is 19.7 Å². The average molecular weight is 452 g/mol. The molecule has 0 bridgehead atoms. The summed E-state index contributed by atoms with van der Waals surface area (Å²) in [5.41, 5.74) is 3.47. The number of amides is 3. The highest BCUT2D eigenvalue weighted by Gasteiger charge is 2.23. The molecule has 6 nitrogen and oxygen atoms in total. The van der Waals surface area contributed by atoms with Gasteiger partial charge < -0.3 is 19.5 Å². The molecular formula is C26H30FN3O3. The molecule has 0 unspecified atom stereocenters. The zero-order chi connectivity index (χ0) is 23.8. The fraction of sp³-hybridized carbons (Fsp3) is 0.308. The van der Waals surface area contributed by atoms with E-state index >= 15 is 0 Å². The van der Waals surface area contributed by atoms with Gasteiger partial charge in [0.15, 0.2) is 0 Å². The van der Waals surface area contributed by atoms with Crippen molar-refractivity contribution in [1.29, 1.82) is 0 Å². The van der Waals surface area contributed by atoms with Gasteiger partial charge in [-0.05, 0) is 61.2 Å². The molecule has 0 aliphatic carbocycles. The highest BCUT2D eigenvalue weighted by Crippen LogP contribution is 2.20. The average Bonchev–Trinajstić information content (AvgIpc) is 3.30. The van der Waals surface area contributed by atoms with Crippen molar-refractivity contribution in [3.63, 3.8) is 0 Å². The van der Waals surface area contributed by atoms with E-state index in [1.54, 1.807) is 35.4 Å². The maximum absolute atomic E-state index is 13.3. The minimum atomic E-state index is -0.333. The summed E-state index contributed by atoms with van der Waals surface area (Å²) >= 11 is 0. The number of nitrogens with zero attached hydrogens (tertiary/aromatic N) is 2. The van der Waals surface area contributed by atoms with Crippen molar-refractivity contribution in [3.8, 4) is 0 Å². The Hall–Kier alpha value is -3.61. The highest BCUT2D eigenvalue weighted by molar-refractivity contribution is 5.93. The van der Waals surface area contributed by atoms with E-state index in [9.17, 15) is 14.0 Å². The van der Waals surface area contributed by atoms with Crippen LogP contribution in [-0.4, -0.2) is 34.8 Å². The van der Waals surface area contributed by atoms with E-state index in [0.717, 1.165) is 22.4 Å². The molecule has 0 aliphatic heterocycles. The third-order valence-corrected chi connectivity index (χ3v) is 5.39. The zero-order valence-corrected chi connectivity index (χ0v) is 19.3. The van der Waals surface area contributed by atoms with Crippen LogP contribution in [0.25, 0.3) is 0 Å². The molecule has 0 saturated heterocycles. The van der Waals surface area contributed by atoms with Crippen LogP contribution in [0.2, 0.25) is 0 Å². The number of aryl methyl sites for hydroxylation is 2. The van der Waals surface area contributed by atoms with E-state index < -0.39 is 0 Å². The van der Waals surface area contributed by atoms with Gasteiger partial charge in [-0.25, -0.2) is 9.18 Å². The second-order valence-electron chi connectivity index (χ2n) is 8.07. The van der Waals surface area contributed by atoms with E-state index in [0.29, 0.717) is 18.7 Å². The Morgan fingerprint density at radius 2 is 1.64 bits per heavy atom. The molecule has 0 spiro atoms. The molecule has 33 heavy (non-hydrogen) atoms. The number of benzene rings is 2. The number of nitrogens with one attached hydrogen (secondary N) is 1. The SMILES string of the molecule is CCCN(CC(=O)N(Cc1ccc(F)cc1)Cc1ccco1)C(=O)Nc1c(C)cccc1C. The molecule has 1 N–H and O–H groups in total. The quantitative estimate of drug-likeness (QED) is 0.467. The van der Waals surface area contributed by atoms with Crippen LogP contribution < -0.4 is 5.32 Å². The van der Waals surface area contributed by atoms with Gasteiger partial charge in [0.2, 0.25) is 5.91 Å². The van der Waals surface area contributed by atoms with E-state index in [-0.39, 0.29) is 37.4 Å². The molecule has 0 atom stereocenters. The summed E-state index contributed by atoms with van der Waals surface area (Å²) in [6.07, 6.45) is 2.26. The van der Waals surface area contributed by atoms with Crippen molar-refractivity contribution >= 4 is 17.6 Å². The first-order valence-corrected chi connectivity index (χ1v) is 11.0. The van der Waals surface area contributed by atoms with Gasteiger partial charge in [0.25, 0.3) is 0 Å². The minimum Gasteiger partial charge on any atom is -0.467 e. The summed E-state index contributed by atoms with van der Waals surface area (Å²) < 4.78 is 18.8. The topological polar surface area (TPSA) is 65.8 Å². The third kappa shape index (κ3) is 6.68. The molecule has 174 valence electrons. The maximum atomic E-state index is 13.3. The molecule has 3 rings (SSSR count). The predicted octanol–water partition coefficient (Wildman–Crippen LogP) is 5.51. The Balaban J connectivity index is 1.76. The standard InChI is InChI=1S/C26H30FN3O3/c1-4-14-29(26(32)28-25-19(2)7-5-8-20(25)3)18-24(31)30(17-23-9-6-15-33-23)16-21-10-12-22(27)13-11-21/h5-13,15H,4,14,16-18H2,1-3H3,(H,28,32). The lowest BCUT2D eigenvalue weighted by molar-refractivity contribution is -0.133. The Bertz CT molecular complexity index is 1040. The van der Waals surface area contributed by atoms with Gasteiger partial charge in [-0.3, -0.25) is 4.79 Å². The Morgan fingerprint density at radius 1 is 0.939 bits per heavy atom. The molecule has 0 radical (unpaired) electrons. The number of urea groups is 1. The number of halogens is 1. The van der Waals surface area contributed by atoms with Crippen LogP contribution in [-0.2, 0) is 17.9 Å². The van der Waals surface area contributed by atoms with Crippen LogP contribution in [0.3, 0.4) is 0 Å². The predicted molar refractivity (Wildman–Crippen MR) is 126 cm³/mol. The second kappa shape index (κ2) is 11.3. The molecular weight excluding hydrogens is 421 g/mol. The molecule has 2 aromatic carbocycles. The van der Waals surface area contributed by atoms with Crippen molar-refractivity contribution in [2.75, 3.05) is 18.4 Å². The molecule has 7 heteroatoms. The van der Waals surface area contributed by atoms with Gasteiger partial charge in [0.05, 0.1) is 12.8 Å². The number of carbonyl (C=O) groups excluding carboxylic acids is 2. The summed E-state index contributed by atoms with van der Waals surface area (Å²) in [6.45, 7) is 6.72. The summed E-state index contributed by atoms with van der Waals surface area (Å²) in [6, 6.07) is 15.1. The van der Waals surface area contributed by atoms with Crippen molar-refractivity contribution in [2.45, 2.75) is 40.3 Å². The fourth-order valence-corrected chi connectivity index (χ4v) is 3.62. The van der Waals surface area contributed by atoms with Gasteiger partial charge in [-0.1, -0.05) is 37.3 Å². The Labute approximate surface area is 194 Å². The van der Waals surface area contributed by atoms with E-state index in [1.165, 1.54) is 17.0 Å². The van der Waals surface area contributed by atoms with E-state index in [4.69, 9.17) is 4.42 Å². The smallest absolute Gasteiger partial charge is 0.322 e. The number of rotatable bonds is 9. The van der Waals surface area contributed by atoms with Crippen molar-refractivity contribution in [2.24, 2.45) is 0 Å². The lowest BCUT2D eigenvalue weighted by atomic mass is 10.1. The number of anilines is 1. The third-order valence-electron chi connectivity index (χ3n) is 5.39. The maximum Gasteiger partial charge on any atom is 0.322 e. The number of para-hydroxylation sites is 1.